The molecule has 1 aromatic carbocycles. The first kappa shape index (κ1) is 15.4. The molecule has 0 bridgehead atoms. The van der Waals surface area contributed by atoms with Crippen LogP contribution in [0.25, 0.3) is 0 Å². The number of benzene rings is 1. The molecule has 1 N–H and O–H groups in total. The van der Waals surface area contributed by atoms with Crippen molar-refractivity contribution in [1.82, 2.24) is 5.32 Å². The maximum absolute atomic E-state index is 5.97. The topological polar surface area (TPSA) is 21.3 Å². The van der Waals surface area contributed by atoms with Crippen molar-refractivity contribution in [3.63, 3.8) is 0 Å². The normalized spacial score (nSPS) is 12.7. The standard InChI is InChI=1S/C16H20ClNOS/c1-11(2)19-14-7-5-4-6-13(14)10-18-12(3)15-8-9-16(17)20-15/h4-9,11-12,18H,10H2,1-3H3. The van der Waals surface area contributed by atoms with Gasteiger partial charge in [0.1, 0.15) is 5.75 Å². The average Bonchev–Trinajstić information content (AvgIpc) is 2.83. The van der Waals surface area contributed by atoms with Gasteiger partial charge >= 0.3 is 0 Å². The number of rotatable bonds is 6. The number of nitrogens with one attached hydrogen (secondary N) is 1. The van der Waals surface area contributed by atoms with Crippen LogP contribution in [0.4, 0.5) is 0 Å². The second-order valence-corrected chi connectivity index (χ2v) is 6.77. The monoisotopic (exact) mass is 309 g/mol. The number of ether oxygens (including phenoxy) is 1. The molecule has 0 aliphatic heterocycles. The molecule has 0 fully saturated rings. The fraction of sp³-hybridized carbons (Fsp3) is 0.375. The van der Waals surface area contributed by atoms with E-state index in [9.17, 15) is 0 Å². The summed E-state index contributed by atoms with van der Waals surface area (Å²) in [6.07, 6.45) is 0.185. The quantitative estimate of drug-likeness (QED) is 0.807. The molecule has 20 heavy (non-hydrogen) atoms. The lowest BCUT2D eigenvalue weighted by atomic mass is 10.2. The maximum atomic E-state index is 5.97. The Bertz CT molecular complexity index is 553. The molecule has 2 aromatic rings. The zero-order chi connectivity index (χ0) is 14.5. The van der Waals surface area contributed by atoms with Gasteiger partial charge in [0, 0.05) is 23.0 Å². The van der Waals surface area contributed by atoms with E-state index in [-0.39, 0.29) is 12.1 Å². The minimum atomic E-state index is 0.185. The number of thiophene rings is 1. The molecule has 108 valence electrons. The molecular weight excluding hydrogens is 290 g/mol. The largest absolute Gasteiger partial charge is 0.491 e. The van der Waals surface area contributed by atoms with Gasteiger partial charge in [0.2, 0.25) is 0 Å². The lowest BCUT2D eigenvalue weighted by Gasteiger charge is -2.17. The average molecular weight is 310 g/mol. The van der Waals surface area contributed by atoms with Crippen LogP contribution in [0.2, 0.25) is 4.34 Å². The molecule has 0 saturated heterocycles. The molecule has 0 aliphatic rings. The lowest BCUT2D eigenvalue weighted by molar-refractivity contribution is 0.239. The van der Waals surface area contributed by atoms with Crippen LogP contribution in [-0.2, 0) is 6.54 Å². The third-order valence-corrected chi connectivity index (χ3v) is 4.37. The van der Waals surface area contributed by atoms with Gasteiger partial charge in [0.25, 0.3) is 0 Å². The van der Waals surface area contributed by atoms with E-state index in [2.05, 4.69) is 24.4 Å². The second kappa shape index (κ2) is 7.11. The van der Waals surface area contributed by atoms with Gasteiger partial charge in [-0.3, -0.25) is 0 Å². The fourth-order valence-corrected chi connectivity index (χ4v) is 3.03. The highest BCUT2D eigenvalue weighted by atomic mass is 35.5. The molecule has 1 aromatic heterocycles. The van der Waals surface area contributed by atoms with Crippen LogP contribution in [0.5, 0.6) is 5.75 Å². The van der Waals surface area contributed by atoms with Crippen LogP contribution in [-0.4, -0.2) is 6.10 Å². The van der Waals surface area contributed by atoms with E-state index in [0.29, 0.717) is 0 Å². The Balaban J connectivity index is 2.00. The molecule has 0 aliphatic carbocycles. The van der Waals surface area contributed by atoms with Crippen LogP contribution >= 0.6 is 22.9 Å². The first-order chi connectivity index (χ1) is 9.56. The molecule has 0 saturated carbocycles. The summed E-state index contributed by atoms with van der Waals surface area (Å²) in [4.78, 5) is 1.25. The predicted octanol–water partition coefficient (Wildman–Crippen LogP) is 5.04. The predicted molar refractivity (Wildman–Crippen MR) is 86.8 cm³/mol. The van der Waals surface area contributed by atoms with Crippen LogP contribution in [0.15, 0.2) is 36.4 Å². The van der Waals surface area contributed by atoms with E-state index < -0.39 is 0 Å². The van der Waals surface area contributed by atoms with Crippen molar-refractivity contribution in [3.05, 3.63) is 51.2 Å². The van der Waals surface area contributed by atoms with Crippen molar-refractivity contribution in [2.45, 2.75) is 39.5 Å². The summed E-state index contributed by atoms with van der Waals surface area (Å²) < 4.78 is 6.66. The molecule has 0 spiro atoms. The highest BCUT2D eigenvalue weighted by Crippen LogP contribution is 2.27. The molecule has 1 atom stereocenters. The van der Waals surface area contributed by atoms with Crippen molar-refractivity contribution < 1.29 is 4.74 Å². The van der Waals surface area contributed by atoms with Gasteiger partial charge in [-0.1, -0.05) is 29.8 Å². The zero-order valence-corrected chi connectivity index (χ0v) is 13.6. The Hall–Kier alpha value is -1.03. The van der Waals surface area contributed by atoms with Crippen LogP contribution in [0.3, 0.4) is 0 Å². The van der Waals surface area contributed by atoms with E-state index in [1.165, 1.54) is 10.4 Å². The van der Waals surface area contributed by atoms with Crippen molar-refractivity contribution >= 4 is 22.9 Å². The fourth-order valence-electron chi connectivity index (χ4n) is 1.94. The van der Waals surface area contributed by atoms with E-state index in [0.717, 1.165) is 16.6 Å². The minimum Gasteiger partial charge on any atom is -0.491 e. The summed E-state index contributed by atoms with van der Waals surface area (Å²) in [6, 6.07) is 12.4. The Morgan fingerprint density at radius 1 is 1.15 bits per heavy atom. The summed E-state index contributed by atoms with van der Waals surface area (Å²) in [7, 11) is 0. The van der Waals surface area contributed by atoms with Crippen molar-refractivity contribution in [3.8, 4) is 5.75 Å². The van der Waals surface area contributed by atoms with Crippen LogP contribution in [0.1, 0.15) is 37.3 Å². The summed E-state index contributed by atoms with van der Waals surface area (Å²) in [5.41, 5.74) is 1.18. The second-order valence-electron chi connectivity index (χ2n) is 5.02. The molecule has 0 amide bonds. The highest BCUT2D eigenvalue weighted by molar-refractivity contribution is 7.16. The first-order valence-electron chi connectivity index (χ1n) is 6.79. The first-order valence-corrected chi connectivity index (χ1v) is 7.99. The molecular formula is C16H20ClNOS. The van der Waals surface area contributed by atoms with Gasteiger partial charge in [-0.25, -0.2) is 0 Å². The minimum absolute atomic E-state index is 0.185. The van der Waals surface area contributed by atoms with Crippen molar-refractivity contribution in [2.75, 3.05) is 0 Å². The van der Waals surface area contributed by atoms with Gasteiger partial charge in [-0.15, -0.1) is 11.3 Å². The van der Waals surface area contributed by atoms with Gasteiger partial charge in [0.15, 0.2) is 0 Å². The smallest absolute Gasteiger partial charge is 0.124 e. The van der Waals surface area contributed by atoms with Crippen molar-refractivity contribution in [1.29, 1.82) is 0 Å². The molecule has 2 nitrogen and oxygen atoms in total. The van der Waals surface area contributed by atoms with E-state index >= 15 is 0 Å². The Kier molecular flexibility index (Phi) is 5.46. The SMILES string of the molecule is CC(C)Oc1ccccc1CNC(C)c1ccc(Cl)s1. The zero-order valence-electron chi connectivity index (χ0n) is 12.0. The summed E-state index contributed by atoms with van der Waals surface area (Å²) in [5, 5.41) is 3.51. The van der Waals surface area contributed by atoms with Gasteiger partial charge in [0.05, 0.1) is 10.4 Å². The Labute approximate surface area is 129 Å². The van der Waals surface area contributed by atoms with Crippen LogP contribution < -0.4 is 10.1 Å². The number of hydrogen-bond donors (Lipinski definition) is 1. The molecule has 4 heteroatoms. The van der Waals surface area contributed by atoms with E-state index in [1.54, 1.807) is 11.3 Å². The summed E-state index contributed by atoms with van der Waals surface area (Å²) in [6.45, 7) is 7.01. The van der Waals surface area contributed by atoms with Crippen LogP contribution in [0, 0.1) is 0 Å². The number of halogens is 1. The van der Waals surface area contributed by atoms with Gasteiger partial charge in [-0.05, 0) is 39.0 Å². The summed E-state index contributed by atoms with van der Waals surface area (Å²) in [5.74, 6) is 0.950. The Morgan fingerprint density at radius 2 is 1.90 bits per heavy atom. The maximum Gasteiger partial charge on any atom is 0.124 e. The third kappa shape index (κ3) is 4.23. The van der Waals surface area contributed by atoms with Crippen molar-refractivity contribution in [2.24, 2.45) is 0 Å². The number of para-hydroxylation sites is 1. The molecule has 0 radical (unpaired) electrons. The Morgan fingerprint density at radius 3 is 2.55 bits per heavy atom. The van der Waals surface area contributed by atoms with Gasteiger partial charge in [-0.2, -0.15) is 0 Å². The molecule has 1 unspecified atom stereocenters. The van der Waals surface area contributed by atoms with Gasteiger partial charge < -0.3 is 10.1 Å². The summed E-state index contributed by atoms with van der Waals surface area (Å²) >= 11 is 7.59. The lowest BCUT2D eigenvalue weighted by Crippen LogP contribution is -2.18. The molecule has 2 rings (SSSR count). The van der Waals surface area contributed by atoms with E-state index in [4.69, 9.17) is 16.3 Å². The molecule has 1 heterocycles. The number of hydrogen-bond acceptors (Lipinski definition) is 3. The highest BCUT2D eigenvalue weighted by Gasteiger charge is 2.10. The van der Waals surface area contributed by atoms with E-state index in [1.807, 2.05) is 38.1 Å². The third-order valence-electron chi connectivity index (χ3n) is 2.95.